The zero-order valence-electron chi connectivity index (χ0n) is 17.9. The van der Waals surface area contributed by atoms with Gasteiger partial charge in [0.05, 0.1) is 16.9 Å². The van der Waals surface area contributed by atoms with E-state index in [0.29, 0.717) is 16.2 Å². The molecule has 2 nitrogen and oxygen atoms in total. The predicted molar refractivity (Wildman–Crippen MR) is 114 cm³/mol. The highest BCUT2D eigenvalue weighted by Gasteiger charge is 2.62. The van der Waals surface area contributed by atoms with Crippen LogP contribution in [0, 0.1) is 23.2 Å². The van der Waals surface area contributed by atoms with Crippen molar-refractivity contribution in [3.63, 3.8) is 0 Å². The minimum absolute atomic E-state index is 0.0746. The molecular formula is C25H34N2. The lowest BCUT2D eigenvalue weighted by Crippen LogP contribution is -2.58. The monoisotopic (exact) mass is 362 g/mol. The van der Waals surface area contributed by atoms with Gasteiger partial charge in [-0.1, -0.05) is 57.9 Å². The third-order valence-electron chi connectivity index (χ3n) is 7.39. The van der Waals surface area contributed by atoms with Gasteiger partial charge in [0.1, 0.15) is 0 Å². The number of aryl methyl sites for hydroxylation is 1. The Bertz CT molecular complexity index is 870. The van der Waals surface area contributed by atoms with Gasteiger partial charge in [-0.3, -0.25) is 5.01 Å². The molecule has 0 N–H and O–H groups in total. The van der Waals surface area contributed by atoms with Crippen molar-refractivity contribution < 1.29 is 0 Å². The SMILES string of the molecule is Cc1ccc(N2N=C3CC(C)(C)CC4=C3C23CC(C)(C)CC(C)(C4)C3)cc1. The topological polar surface area (TPSA) is 15.6 Å². The molecule has 0 saturated heterocycles. The van der Waals surface area contributed by atoms with Gasteiger partial charge in [0.25, 0.3) is 0 Å². The van der Waals surface area contributed by atoms with E-state index in [0.717, 1.165) is 6.42 Å². The van der Waals surface area contributed by atoms with Crippen LogP contribution in [0.3, 0.4) is 0 Å². The highest BCUT2D eigenvalue weighted by Crippen LogP contribution is 2.65. The molecule has 4 aliphatic rings. The summed E-state index contributed by atoms with van der Waals surface area (Å²) in [5, 5.41) is 7.80. The largest absolute Gasteiger partial charge is 0.255 e. The summed E-state index contributed by atoms with van der Waals surface area (Å²) < 4.78 is 0. The summed E-state index contributed by atoms with van der Waals surface area (Å²) in [6, 6.07) is 9.04. The van der Waals surface area contributed by atoms with E-state index in [4.69, 9.17) is 5.10 Å². The molecule has 1 aliphatic heterocycles. The summed E-state index contributed by atoms with van der Waals surface area (Å²) in [6.45, 7) is 14.5. The third-order valence-corrected chi connectivity index (χ3v) is 7.39. The maximum atomic E-state index is 5.35. The van der Waals surface area contributed by atoms with Crippen LogP contribution in [0.4, 0.5) is 5.69 Å². The van der Waals surface area contributed by atoms with E-state index < -0.39 is 0 Å². The second-order valence-electron chi connectivity index (χ2n) is 11.9. The van der Waals surface area contributed by atoms with Crippen LogP contribution in [0.2, 0.25) is 0 Å². The Morgan fingerprint density at radius 3 is 2.22 bits per heavy atom. The highest BCUT2D eigenvalue weighted by atomic mass is 15.5. The van der Waals surface area contributed by atoms with Crippen molar-refractivity contribution >= 4 is 11.4 Å². The van der Waals surface area contributed by atoms with Crippen LogP contribution in [-0.4, -0.2) is 11.3 Å². The van der Waals surface area contributed by atoms with Crippen molar-refractivity contribution in [1.82, 2.24) is 0 Å². The number of anilines is 1. The van der Waals surface area contributed by atoms with Gasteiger partial charge >= 0.3 is 0 Å². The first kappa shape index (κ1) is 17.5. The number of hydrogen-bond acceptors (Lipinski definition) is 2. The number of hydrazone groups is 1. The van der Waals surface area contributed by atoms with E-state index in [1.807, 2.05) is 0 Å². The first-order valence-electron chi connectivity index (χ1n) is 10.7. The normalized spacial score (nSPS) is 35.8. The molecule has 2 heteroatoms. The maximum absolute atomic E-state index is 5.35. The quantitative estimate of drug-likeness (QED) is 0.546. The molecule has 1 spiro atoms. The number of allylic oxidation sites excluding steroid dienone is 1. The summed E-state index contributed by atoms with van der Waals surface area (Å²) in [6.07, 6.45) is 7.45. The molecule has 2 atom stereocenters. The maximum Gasteiger partial charge on any atom is 0.0911 e. The zero-order valence-corrected chi connectivity index (χ0v) is 17.9. The van der Waals surface area contributed by atoms with Crippen molar-refractivity contribution in [2.24, 2.45) is 21.3 Å². The molecule has 2 unspecified atom stereocenters. The number of hydrogen-bond donors (Lipinski definition) is 0. The molecule has 1 heterocycles. The molecule has 0 radical (unpaired) electrons. The van der Waals surface area contributed by atoms with Gasteiger partial charge in [-0.15, -0.1) is 0 Å². The molecule has 5 rings (SSSR count). The van der Waals surface area contributed by atoms with Crippen LogP contribution in [0.15, 0.2) is 40.5 Å². The lowest BCUT2D eigenvalue weighted by molar-refractivity contribution is 0.0382. The minimum atomic E-state index is 0.0746. The first-order chi connectivity index (χ1) is 12.5. The Balaban J connectivity index is 1.74. The molecule has 1 saturated carbocycles. The van der Waals surface area contributed by atoms with Gasteiger partial charge in [0.15, 0.2) is 0 Å². The average molecular weight is 363 g/mol. The summed E-state index contributed by atoms with van der Waals surface area (Å²) in [4.78, 5) is 0. The molecule has 1 aromatic rings. The van der Waals surface area contributed by atoms with E-state index in [9.17, 15) is 0 Å². The molecule has 0 amide bonds. The standard InChI is InChI=1S/C25H34N2/c1-17-7-9-19(10-8-17)27-25-15-23(4,5)14-24(6,16-25)12-18-11-22(2,3)13-20(26-27)21(18)25/h7-10H,11-16H2,1-6H3. The second-order valence-corrected chi connectivity index (χ2v) is 11.9. The number of rotatable bonds is 1. The van der Waals surface area contributed by atoms with E-state index in [-0.39, 0.29) is 5.54 Å². The predicted octanol–water partition coefficient (Wildman–Crippen LogP) is 6.65. The third kappa shape index (κ3) is 2.55. The average Bonchev–Trinajstić information content (AvgIpc) is 2.76. The summed E-state index contributed by atoms with van der Waals surface area (Å²) >= 11 is 0. The Morgan fingerprint density at radius 1 is 0.815 bits per heavy atom. The molecule has 2 bridgehead atoms. The van der Waals surface area contributed by atoms with Crippen molar-refractivity contribution in [3.8, 4) is 0 Å². The fraction of sp³-hybridized carbons (Fsp3) is 0.640. The van der Waals surface area contributed by atoms with Crippen LogP contribution in [0.5, 0.6) is 0 Å². The zero-order chi connectivity index (χ0) is 19.2. The van der Waals surface area contributed by atoms with E-state index in [2.05, 4.69) is 70.8 Å². The fourth-order valence-electron chi connectivity index (χ4n) is 7.43. The Kier molecular flexibility index (Phi) is 3.29. The molecule has 3 aliphatic carbocycles. The van der Waals surface area contributed by atoms with Crippen LogP contribution >= 0.6 is 0 Å². The first-order valence-corrected chi connectivity index (χ1v) is 10.7. The molecule has 1 fully saturated rings. The Hall–Kier alpha value is -1.57. The Morgan fingerprint density at radius 2 is 1.52 bits per heavy atom. The van der Waals surface area contributed by atoms with Crippen LogP contribution in [0.1, 0.15) is 78.7 Å². The molecular weight excluding hydrogens is 328 g/mol. The Labute approximate surface area is 164 Å². The van der Waals surface area contributed by atoms with Crippen molar-refractivity contribution in [3.05, 3.63) is 41.0 Å². The fourth-order valence-corrected chi connectivity index (χ4v) is 7.43. The summed E-state index contributed by atoms with van der Waals surface area (Å²) in [5.41, 5.74) is 8.50. The van der Waals surface area contributed by atoms with Gasteiger partial charge in [-0.25, -0.2) is 0 Å². The lowest BCUT2D eigenvalue weighted by Gasteiger charge is -2.59. The number of benzene rings is 1. The van der Waals surface area contributed by atoms with Gasteiger partial charge in [0.2, 0.25) is 0 Å². The van der Waals surface area contributed by atoms with E-state index in [1.165, 1.54) is 49.1 Å². The van der Waals surface area contributed by atoms with Crippen molar-refractivity contribution in [2.45, 2.75) is 85.6 Å². The summed E-state index contributed by atoms with van der Waals surface area (Å²) in [7, 11) is 0. The molecule has 27 heavy (non-hydrogen) atoms. The van der Waals surface area contributed by atoms with Crippen molar-refractivity contribution in [2.75, 3.05) is 5.01 Å². The van der Waals surface area contributed by atoms with Crippen LogP contribution < -0.4 is 5.01 Å². The van der Waals surface area contributed by atoms with E-state index >= 15 is 0 Å². The van der Waals surface area contributed by atoms with Gasteiger partial charge in [-0.2, -0.15) is 5.10 Å². The van der Waals surface area contributed by atoms with Crippen LogP contribution in [0.25, 0.3) is 0 Å². The highest BCUT2D eigenvalue weighted by molar-refractivity contribution is 6.08. The molecule has 0 aromatic heterocycles. The van der Waals surface area contributed by atoms with Crippen molar-refractivity contribution in [1.29, 1.82) is 0 Å². The molecule has 1 aromatic carbocycles. The smallest absolute Gasteiger partial charge is 0.0911 e. The van der Waals surface area contributed by atoms with Gasteiger partial charge in [0, 0.05) is 5.57 Å². The lowest BCUT2D eigenvalue weighted by atomic mass is 9.48. The number of nitrogens with zero attached hydrogens (tertiary/aromatic N) is 2. The van der Waals surface area contributed by atoms with E-state index in [1.54, 1.807) is 11.1 Å². The summed E-state index contributed by atoms with van der Waals surface area (Å²) in [5.74, 6) is 0. The number of fused-ring (bicyclic) bond motifs is 1. The van der Waals surface area contributed by atoms with Gasteiger partial charge < -0.3 is 0 Å². The second kappa shape index (κ2) is 5.07. The minimum Gasteiger partial charge on any atom is -0.255 e. The van der Waals surface area contributed by atoms with Gasteiger partial charge in [-0.05, 0) is 73.8 Å². The van der Waals surface area contributed by atoms with Crippen LogP contribution in [-0.2, 0) is 0 Å². The molecule has 144 valence electrons.